The van der Waals surface area contributed by atoms with E-state index in [1.165, 1.54) is 7.11 Å². The van der Waals surface area contributed by atoms with Crippen molar-refractivity contribution < 1.29 is 28.7 Å². The molecule has 0 saturated carbocycles. The fourth-order valence-corrected chi connectivity index (χ4v) is 1.96. The minimum Gasteiger partial charge on any atom is -0.497 e. The standard InChI is InChI=1S/C12H9N7O7/c1-24-8-4-2-7(3-5-8)6-13-14-11-10(18(22)26-16-11)9-12(17(20)21)19(23)25-15-9/h2-5H,6H2,1H3. The number of methoxy groups -OCH3 is 1. The summed E-state index contributed by atoms with van der Waals surface area (Å²) in [6.45, 7) is 0.123. The molecule has 1 aromatic carbocycles. The zero-order valence-corrected chi connectivity index (χ0v) is 13.0. The van der Waals surface area contributed by atoms with Gasteiger partial charge in [-0.1, -0.05) is 12.1 Å². The van der Waals surface area contributed by atoms with Gasteiger partial charge in [-0.15, -0.1) is 5.11 Å². The summed E-state index contributed by atoms with van der Waals surface area (Å²) in [6.07, 6.45) is 0. The van der Waals surface area contributed by atoms with Crippen LogP contribution >= 0.6 is 0 Å². The van der Waals surface area contributed by atoms with Crippen molar-refractivity contribution in [3.8, 4) is 17.1 Å². The summed E-state index contributed by atoms with van der Waals surface area (Å²) >= 11 is 0. The molecule has 0 unspecified atom stereocenters. The fraction of sp³-hybridized carbons (Fsp3) is 0.167. The predicted molar refractivity (Wildman–Crippen MR) is 77.8 cm³/mol. The van der Waals surface area contributed by atoms with Gasteiger partial charge in [0.2, 0.25) is 0 Å². The molecule has 3 aromatic rings. The van der Waals surface area contributed by atoms with Crippen molar-refractivity contribution in [3.05, 3.63) is 50.4 Å². The van der Waals surface area contributed by atoms with E-state index in [4.69, 9.17) is 4.74 Å². The summed E-state index contributed by atoms with van der Waals surface area (Å²) in [7, 11) is 1.54. The smallest absolute Gasteiger partial charge is 0.497 e. The van der Waals surface area contributed by atoms with E-state index in [9.17, 15) is 20.5 Å². The second kappa shape index (κ2) is 6.80. The molecule has 26 heavy (non-hydrogen) atoms. The van der Waals surface area contributed by atoms with Gasteiger partial charge in [0.15, 0.2) is 0 Å². The molecule has 0 radical (unpaired) electrons. The summed E-state index contributed by atoms with van der Waals surface area (Å²) < 4.78 is 13.5. The summed E-state index contributed by atoms with van der Waals surface area (Å²) in [5.74, 6) is -0.837. The molecule has 0 aliphatic rings. The molecule has 2 aromatic heterocycles. The Labute approximate surface area is 143 Å². The molecule has 0 saturated heterocycles. The molecule has 0 bridgehead atoms. The Kier molecular flexibility index (Phi) is 4.38. The van der Waals surface area contributed by atoms with Crippen LogP contribution in [0.3, 0.4) is 0 Å². The topological polar surface area (TPSA) is 183 Å². The number of ether oxygens (including phenoxy) is 1. The number of hydrogen-bond acceptors (Lipinski definition) is 11. The van der Waals surface area contributed by atoms with Gasteiger partial charge < -0.3 is 25.3 Å². The minimum atomic E-state index is -1.11. The molecule has 0 amide bonds. The number of azo groups is 1. The molecule has 0 aliphatic carbocycles. The van der Waals surface area contributed by atoms with Crippen LogP contribution in [0.15, 0.2) is 43.8 Å². The lowest BCUT2D eigenvalue weighted by molar-refractivity contribution is -0.825. The maximum Gasteiger partial charge on any atom is 0.500 e. The highest BCUT2D eigenvalue weighted by Gasteiger charge is 2.42. The summed E-state index contributed by atoms with van der Waals surface area (Å²) in [5.41, 5.74) is -0.479. The highest BCUT2D eigenvalue weighted by molar-refractivity contribution is 5.66. The maximum absolute atomic E-state index is 11.7. The Bertz CT molecular complexity index is 963. The van der Waals surface area contributed by atoms with Crippen LogP contribution in [-0.2, 0) is 6.54 Å². The number of nitro groups is 1. The number of benzene rings is 1. The van der Waals surface area contributed by atoms with E-state index in [2.05, 4.69) is 29.8 Å². The average Bonchev–Trinajstić information content (AvgIpc) is 3.18. The van der Waals surface area contributed by atoms with Crippen molar-refractivity contribution in [1.29, 1.82) is 0 Å². The molecule has 14 nitrogen and oxygen atoms in total. The Balaban J connectivity index is 1.87. The monoisotopic (exact) mass is 363 g/mol. The first-order chi connectivity index (χ1) is 12.5. The van der Waals surface area contributed by atoms with Crippen LogP contribution < -0.4 is 14.5 Å². The van der Waals surface area contributed by atoms with Crippen LogP contribution in [0.25, 0.3) is 11.4 Å². The normalized spacial score (nSPS) is 11.1. The first kappa shape index (κ1) is 16.7. The second-order valence-corrected chi connectivity index (χ2v) is 4.71. The number of rotatable bonds is 6. The number of aromatic nitrogens is 4. The molecule has 0 spiro atoms. The molecule has 2 heterocycles. The predicted octanol–water partition coefficient (Wildman–Crippen LogP) is 0.797. The molecule has 0 N–H and O–H groups in total. The van der Waals surface area contributed by atoms with Gasteiger partial charge in [0.1, 0.15) is 10.9 Å². The average molecular weight is 363 g/mol. The van der Waals surface area contributed by atoms with E-state index < -0.39 is 32.8 Å². The van der Waals surface area contributed by atoms with Crippen LogP contribution in [0.1, 0.15) is 5.56 Å². The van der Waals surface area contributed by atoms with E-state index in [1.807, 2.05) is 0 Å². The van der Waals surface area contributed by atoms with E-state index in [0.29, 0.717) is 5.75 Å². The van der Waals surface area contributed by atoms with Gasteiger partial charge in [0, 0.05) is 4.92 Å². The minimum absolute atomic E-state index is 0.123. The first-order valence-corrected chi connectivity index (χ1v) is 6.86. The van der Waals surface area contributed by atoms with Gasteiger partial charge in [-0.2, -0.15) is 9.74 Å². The van der Waals surface area contributed by atoms with E-state index in [0.717, 1.165) is 5.56 Å². The Morgan fingerprint density at radius 1 is 1.19 bits per heavy atom. The van der Waals surface area contributed by atoms with E-state index >= 15 is 0 Å². The zero-order valence-electron chi connectivity index (χ0n) is 13.0. The lowest BCUT2D eigenvalue weighted by Gasteiger charge is -1.99. The van der Waals surface area contributed by atoms with Crippen LogP contribution in [0.5, 0.6) is 5.75 Å². The largest absolute Gasteiger partial charge is 0.500 e. The quantitative estimate of drug-likeness (QED) is 0.264. The molecule has 0 atom stereocenters. The fourth-order valence-electron chi connectivity index (χ4n) is 1.96. The number of hydrogen-bond donors (Lipinski definition) is 0. The van der Waals surface area contributed by atoms with Gasteiger partial charge >= 0.3 is 23.0 Å². The third kappa shape index (κ3) is 3.10. The summed E-state index contributed by atoms with van der Waals surface area (Å²) in [4.78, 5) is 9.22. The lowest BCUT2D eigenvalue weighted by Crippen LogP contribution is -2.28. The Hall–Kier alpha value is -4.10. The van der Waals surface area contributed by atoms with E-state index in [1.54, 1.807) is 24.3 Å². The van der Waals surface area contributed by atoms with Gasteiger partial charge in [-0.3, -0.25) is 4.63 Å². The van der Waals surface area contributed by atoms with Crippen LogP contribution in [0.4, 0.5) is 11.6 Å². The lowest BCUT2D eigenvalue weighted by atomic mass is 10.2. The molecule has 134 valence electrons. The van der Waals surface area contributed by atoms with Crippen molar-refractivity contribution in [3.63, 3.8) is 0 Å². The number of nitrogens with zero attached hydrogens (tertiary/aromatic N) is 7. The SMILES string of the molecule is COc1ccc(CN=Nc2no[n+]([O-])c2-c2no[n+]([O-])c2[N+](=O)[O-])cc1. The Morgan fingerprint density at radius 3 is 2.54 bits per heavy atom. The maximum atomic E-state index is 11.7. The highest BCUT2D eigenvalue weighted by atomic mass is 16.8. The van der Waals surface area contributed by atoms with Crippen molar-refractivity contribution in [2.24, 2.45) is 10.2 Å². The van der Waals surface area contributed by atoms with Crippen molar-refractivity contribution in [2.45, 2.75) is 6.54 Å². The first-order valence-electron chi connectivity index (χ1n) is 6.86. The molecule has 0 aliphatic heterocycles. The zero-order chi connectivity index (χ0) is 18.7. The highest BCUT2D eigenvalue weighted by Crippen LogP contribution is 2.29. The van der Waals surface area contributed by atoms with Gasteiger partial charge in [0.25, 0.3) is 0 Å². The van der Waals surface area contributed by atoms with Crippen LogP contribution in [0.2, 0.25) is 0 Å². The van der Waals surface area contributed by atoms with Crippen LogP contribution in [0, 0.1) is 20.5 Å². The van der Waals surface area contributed by atoms with E-state index in [-0.39, 0.29) is 11.4 Å². The second-order valence-electron chi connectivity index (χ2n) is 4.71. The van der Waals surface area contributed by atoms with Crippen molar-refractivity contribution >= 4 is 11.6 Å². The Morgan fingerprint density at radius 2 is 1.88 bits per heavy atom. The van der Waals surface area contributed by atoms with Crippen molar-refractivity contribution in [2.75, 3.05) is 7.11 Å². The molecule has 14 heteroatoms. The van der Waals surface area contributed by atoms with Gasteiger partial charge in [-0.25, -0.2) is 0 Å². The molecule has 0 fully saturated rings. The molecule has 3 rings (SSSR count). The summed E-state index contributed by atoms with van der Waals surface area (Å²) in [6, 6.07) is 6.95. The van der Waals surface area contributed by atoms with Gasteiger partial charge in [0.05, 0.1) is 23.7 Å². The summed E-state index contributed by atoms with van der Waals surface area (Å²) in [5, 5.41) is 48.0. The molecular weight excluding hydrogens is 354 g/mol. The third-order valence-electron chi connectivity index (χ3n) is 3.16. The van der Waals surface area contributed by atoms with Crippen LogP contribution in [-0.4, -0.2) is 22.3 Å². The van der Waals surface area contributed by atoms with Gasteiger partial charge in [-0.05, 0) is 22.6 Å². The molecular formula is C12H9N7O7. The third-order valence-corrected chi connectivity index (χ3v) is 3.16. The van der Waals surface area contributed by atoms with Crippen molar-refractivity contribution in [1.82, 2.24) is 10.3 Å².